The molecule has 11 nitrogen and oxygen atoms in total. The number of H-pyrrole nitrogens is 1. The third-order valence-electron chi connectivity index (χ3n) is 6.76. The molecule has 0 saturated heterocycles. The summed E-state index contributed by atoms with van der Waals surface area (Å²) in [5, 5.41) is 21.4. The summed E-state index contributed by atoms with van der Waals surface area (Å²) < 4.78 is 24.7. The van der Waals surface area contributed by atoms with Gasteiger partial charge in [0.05, 0.1) is 16.7 Å². The minimum Gasteiger partial charge on any atom is -0.327 e. The Morgan fingerprint density at radius 1 is 0.925 bits per heavy atom. The number of carbonyl (C=O) groups excluding carboxylic acids is 2. The van der Waals surface area contributed by atoms with Gasteiger partial charge in [-0.25, -0.2) is 13.2 Å². The number of hydrogen-bond acceptors (Lipinski definition) is 7. The summed E-state index contributed by atoms with van der Waals surface area (Å²) in [6.07, 6.45) is 0.472. The molecule has 1 unspecified atom stereocenters. The molecule has 0 radical (unpaired) electrons. The molecule has 1 atom stereocenters. The fourth-order valence-corrected chi connectivity index (χ4v) is 6.12. The fourth-order valence-electron chi connectivity index (χ4n) is 4.53. The molecular weight excluding hydrogens is 530 g/mol. The van der Waals surface area contributed by atoms with Crippen molar-refractivity contribution < 1.29 is 18.0 Å². The topological polar surface area (TPSA) is 159 Å². The lowest BCUT2D eigenvalue weighted by atomic mass is 9.85. The molecule has 1 aromatic heterocycles. The quantitative estimate of drug-likeness (QED) is 0.278. The zero-order chi connectivity index (χ0) is 28.5. The second-order valence-corrected chi connectivity index (χ2v) is 12.7. The average Bonchev–Trinajstić information content (AvgIpc) is 3.54. The maximum atomic E-state index is 13.2. The van der Waals surface area contributed by atoms with Crippen LogP contribution in [-0.4, -0.2) is 46.7 Å². The van der Waals surface area contributed by atoms with E-state index in [1.54, 1.807) is 36.4 Å². The fraction of sp³-hybridized carbons (Fsp3) is 0.250. The van der Waals surface area contributed by atoms with E-state index in [0.29, 0.717) is 17.7 Å². The molecular formula is C28H29N7O4S. The van der Waals surface area contributed by atoms with E-state index in [4.69, 9.17) is 0 Å². The van der Waals surface area contributed by atoms with Crippen LogP contribution < -0.4 is 16.0 Å². The predicted molar refractivity (Wildman–Crippen MR) is 150 cm³/mol. The van der Waals surface area contributed by atoms with Gasteiger partial charge >= 0.3 is 6.03 Å². The number of nitrogens with one attached hydrogen (secondary N) is 4. The summed E-state index contributed by atoms with van der Waals surface area (Å²) in [7, 11) is -3.33. The van der Waals surface area contributed by atoms with E-state index in [0.717, 1.165) is 22.3 Å². The van der Waals surface area contributed by atoms with Crippen molar-refractivity contribution in [2.75, 3.05) is 16.4 Å². The number of amides is 3. The van der Waals surface area contributed by atoms with E-state index < -0.39 is 27.8 Å². The molecule has 0 aliphatic carbocycles. The van der Waals surface area contributed by atoms with Crippen molar-refractivity contribution in [1.82, 2.24) is 25.9 Å². The van der Waals surface area contributed by atoms with Crippen molar-refractivity contribution in [3.05, 3.63) is 94.5 Å². The van der Waals surface area contributed by atoms with Gasteiger partial charge in [0.1, 0.15) is 0 Å². The van der Waals surface area contributed by atoms with Gasteiger partial charge in [0.25, 0.3) is 11.9 Å². The lowest BCUT2D eigenvalue weighted by Crippen LogP contribution is -2.33. The molecule has 5 rings (SSSR count). The van der Waals surface area contributed by atoms with Crippen molar-refractivity contribution in [2.24, 2.45) is 0 Å². The van der Waals surface area contributed by atoms with Crippen molar-refractivity contribution in [2.45, 2.75) is 43.5 Å². The molecule has 0 fully saturated rings. The highest BCUT2D eigenvalue weighted by Crippen LogP contribution is 2.30. The Balaban J connectivity index is 1.39. The molecule has 1 aliphatic heterocycles. The van der Waals surface area contributed by atoms with Crippen LogP contribution in [0.15, 0.2) is 71.6 Å². The lowest BCUT2D eigenvalue weighted by molar-refractivity contribution is 0.102. The van der Waals surface area contributed by atoms with E-state index in [9.17, 15) is 18.0 Å². The Hall–Kier alpha value is -4.58. The van der Waals surface area contributed by atoms with Gasteiger partial charge in [0, 0.05) is 11.3 Å². The SMILES string of the molecule is CC(C)(C)c1ccc(C(NC(=O)Nc2ccc3c(c2)S(=O)(=O)CC3)c2ccc(C(=O)Nc3nn[nH]n3)cc2)cc1. The van der Waals surface area contributed by atoms with Crippen molar-refractivity contribution >= 4 is 33.4 Å². The van der Waals surface area contributed by atoms with Crippen molar-refractivity contribution in [1.29, 1.82) is 0 Å². The number of carbonyl (C=O) groups is 2. The number of sulfone groups is 1. The summed E-state index contributed by atoms with van der Waals surface area (Å²) >= 11 is 0. The van der Waals surface area contributed by atoms with Crippen LogP contribution in [0.4, 0.5) is 16.4 Å². The van der Waals surface area contributed by atoms with Crippen LogP contribution in [0.2, 0.25) is 0 Å². The smallest absolute Gasteiger partial charge is 0.319 e. The summed E-state index contributed by atoms with van der Waals surface area (Å²) in [6, 6.07) is 18.7. The molecule has 4 aromatic rings. The number of fused-ring (bicyclic) bond motifs is 1. The van der Waals surface area contributed by atoms with Gasteiger partial charge in [-0.05, 0) is 63.6 Å². The maximum Gasteiger partial charge on any atom is 0.319 e. The normalized spacial score (nSPS) is 14.7. The predicted octanol–water partition coefficient (Wildman–Crippen LogP) is 3.99. The first-order chi connectivity index (χ1) is 19.0. The number of tetrazole rings is 1. The summed E-state index contributed by atoms with van der Waals surface area (Å²) in [4.78, 5) is 26.0. The van der Waals surface area contributed by atoms with Gasteiger partial charge in [-0.1, -0.05) is 68.3 Å². The number of nitrogens with zero attached hydrogens (tertiary/aromatic N) is 3. The number of rotatable bonds is 6. The maximum absolute atomic E-state index is 13.2. The highest BCUT2D eigenvalue weighted by molar-refractivity contribution is 7.91. The number of aromatic nitrogens is 4. The third-order valence-corrected chi connectivity index (χ3v) is 8.55. The molecule has 40 heavy (non-hydrogen) atoms. The molecule has 3 amide bonds. The molecule has 0 bridgehead atoms. The molecule has 12 heteroatoms. The molecule has 1 aliphatic rings. The Kier molecular flexibility index (Phi) is 7.11. The Morgan fingerprint density at radius 2 is 1.60 bits per heavy atom. The van der Waals surface area contributed by atoms with Crippen LogP contribution in [0.5, 0.6) is 0 Å². The van der Waals surface area contributed by atoms with E-state index >= 15 is 0 Å². The first-order valence-corrected chi connectivity index (χ1v) is 14.3. The number of aryl methyl sites for hydroxylation is 1. The van der Waals surface area contributed by atoms with Crippen LogP contribution in [0.25, 0.3) is 0 Å². The monoisotopic (exact) mass is 559 g/mol. The summed E-state index contributed by atoms with van der Waals surface area (Å²) in [5.41, 5.74) is 4.20. The number of benzene rings is 3. The molecule has 4 N–H and O–H groups in total. The van der Waals surface area contributed by atoms with E-state index in [1.807, 2.05) is 24.3 Å². The Morgan fingerprint density at radius 3 is 2.23 bits per heavy atom. The first kappa shape index (κ1) is 27.0. The lowest BCUT2D eigenvalue weighted by Gasteiger charge is -2.23. The van der Waals surface area contributed by atoms with E-state index in [-0.39, 0.29) is 22.0 Å². The first-order valence-electron chi connectivity index (χ1n) is 12.7. The Bertz CT molecular complexity index is 1640. The van der Waals surface area contributed by atoms with Crippen molar-refractivity contribution in [3.8, 4) is 0 Å². The molecule has 0 spiro atoms. The number of urea groups is 1. The van der Waals surface area contributed by atoms with Crippen LogP contribution >= 0.6 is 0 Å². The third kappa shape index (κ3) is 5.86. The van der Waals surface area contributed by atoms with Gasteiger partial charge in [0.2, 0.25) is 0 Å². The summed E-state index contributed by atoms with van der Waals surface area (Å²) in [5.74, 6) is -0.270. The molecule has 3 aromatic carbocycles. The van der Waals surface area contributed by atoms with Crippen LogP contribution in [-0.2, 0) is 21.7 Å². The van der Waals surface area contributed by atoms with Gasteiger partial charge in [-0.3, -0.25) is 10.1 Å². The van der Waals surface area contributed by atoms with Crippen LogP contribution in [0, 0.1) is 0 Å². The zero-order valence-corrected chi connectivity index (χ0v) is 23.0. The number of hydrogen-bond donors (Lipinski definition) is 4. The Labute approximate surface area is 231 Å². The summed E-state index contributed by atoms with van der Waals surface area (Å²) in [6.45, 7) is 6.38. The highest BCUT2D eigenvalue weighted by Gasteiger charge is 2.27. The zero-order valence-electron chi connectivity index (χ0n) is 22.2. The van der Waals surface area contributed by atoms with Crippen LogP contribution in [0.1, 0.15) is 59.4 Å². The van der Waals surface area contributed by atoms with Crippen molar-refractivity contribution in [3.63, 3.8) is 0 Å². The second kappa shape index (κ2) is 10.5. The molecule has 0 saturated carbocycles. The number of aromatic amines is 1. The van der Waals surface area contributed by atoms with E-state index in [2.05, 4.69) is 57.3 Å². The standard InChI is InChI=1S/C28H29N7O4S/c1-28(2,3)21-11-8-19(9-12-21)24(18-4-6-20(7-5-18)25(36)31-26-32-34-35-33-26)30-27(37)29-22-13-10-17-14-15-40(38,39)23(17)16-22/h4-13,16,24H,14-15H2,1-3H3,(H2,29,30,37)(H2,31,32,33,34,35,36). The van der Waals surface area contributed by atoms with Gasteiger partial charge in [-0.2, -0.15) is 5.21 Å². The highest BCUT2D eigenvalue weighted by atomic mass is 32.2. The van der Waals surface area contributed by atoms with Crippen LogP contribution in [0.3, 0.4) is 0 Å². The van der Waals surface area contributed by atoms with E-state index in [1.165, 1.54) is 6.07 Å². The molecule has 2 heterocycles. The average molecular weight is 560 g/mol. The minimum atomic E-state index is -3.33. The minimum absolute atomic E-state index is 0.0412. The number of anilines is 2. The van der Waals surface area contributed by atoms with Gasteiger partial charge < -0.3 is 10.6 Å². The largest absolute Gasteiger partial charge is 0.327 e. The molecule has 206 valence electrons. The second-order valence-electron chi connectivity index (χ2n) is 10.6. The van der Waals surface area contributed by atoms with Gasteiger partial charge in [0.15, 0.2) is 9.84 Å². The van der Waals surface area contributed by atoms with Gasteiger partial charge in [-0.15, -0.1) is 5.10 Å².